The van der Waals surface area contributed by atoms with Gasteiger partial charge in [0.25, 0.3) is 0 Å². The normalized spacial score (nSPS) is 18.5. The third-order valence-corrected chi connectivity index (χ3v) is 2.87. The number of rotatable bonds is 3. The topological polar surface area (TPSA) is 50.4 Å². The van der Waals surface area contributed by atoms with Crippen LogP contribution in [-0.2, 0) is 9.53 Å². The van der Waals surface area contributed by atoms with E-state index < -0.39 is 5.82 Å². The summed E-state index contributed by atoms with van der Waals surface area (Å²) >= 11 is 5.63. The van der Waals surface area contributed by atoms with Gasteiger partial charge in [-0.2, -0.15) is 0 Å². The van der Waals surface area contributed by atoms with Crippen molar-refractivity contribution >= 4 is 35.6 Å². The molecule has 1 aliphatic rings. The molecule has 4 nitrogen and oxygen atoms in total. The van der Waals surface area contributed by atoms with Gasteiger partial charge in [-0.3, -0.25) is 4.79 Å². The molecule has 0 aromatic heterocycles. The molecule has 1 saturated heterocycles. The number of benzene rings is 1. The number of carbonyl (C=O) groups is 1. The van der Waals surface area contributed by atoms with Crippen molar-refractivity contribution in [3.8, 4) is 0 Å². The Morgan fingerprint density at radius 1 is 1.58 bits per heavy atom. The Bertz CT molecular complexity index is 440. The Hall–Kier alpha value is -0.880. The predicted octanol–water partition coefficient (Wildman–Crippen LogP) is 2.22. The highest BCUT2D eigenvalue weighted by molar-refractivity contribution is 6.30. The lowest BCUT2D eigenvalue weighted by atomic mass is 10.2. The second-order valence-electron chi connectivity index (χ2n) is 4.10. The van der Waals surface area contributed by atoms with Gasteiger partial charge in [0.2, 0.25) is 5.91 Å². The van der Waals surface area contributed by atoms with E-state index in [0.717, 1.165) is 6.54 Å². The number of nitrogens with one attached hydrogen (secondary N) is 2. The van der Waals surface area contributed by atoms with Crippen LogP contribution in [0.15, 0.2) is 18.2 Å². The maximum absolute atomic E-state index is 13.4. The van der Waals surface area contributed by atoms with Crippen LogP contribution in [0.25, 0.3) is 0 Å². The summed E-state index contributed by atoms with van der Waals surface area (Å²) in [5.41, 5.74) is 0.140. The first-order valence-electron chi connectivity index (χ1n) is 5.71. The highest BCUT2D eigenvalue weighted by Gasteiger charge is 2.17. The monoisotopic (exact) mass is 308 g/mol. The lowest BCUT2D eigenvalue weighted by Crippen LogP contribution is -2.43. The van der Waals surface area contributed by atoms with E-state index in [9.17, 15) is 9.18 Å². The van der Waals surface area contributed by atoms with Gasteiger partial charge in [-0.15, -0.1) is 12.4 Å². The van der Waals surface area contributed by atoms with Crippen molar-refractivity contribution in [3.63, 3.8) is 0 Å². The number of hydrogen-bond acceptors (Lipinski definition) is 3. The summed E-state index contributed by atoms with van der Waals surface area (Å²) in [6.45, 7) is 1.88. The summed E-state index contributed by atoms with van der Waals surface area (Å²) in [4.78, 5) is 11.7. The van der Waals surface area contributed by atoms with Gasteiger partial charge < -0.3 is 15.4 Å². The van der Waals surface area contributed by atoms with Crippen molar-refractivity contribution in [2.24, 2.45) is 0 Å². The number of morpholine rings is 1. The zero-order valence-corrected chi connectivity index (χ0v) is 11.7. The van der Waals surface area contributed by atoms with Crippen LogP contribution in [0.1, 0.15) is 6.42 Å². The van der Waals surface area contributed by atoms with Crippen LogP contribution in [0, 0.1) is 5.82 Å². The highest BCUT2D eigenvalue weighted by Crippen LogP contribution is 2.19. The molecule has 19 heavy (non-hydrogen) atoms. The maximum atomic E-state index is 13.4. The molecule has 1 aromatic carbocycles. The largest absolute Gasteiger partial charge is 0.378 e. The van der Waals surface area contributed by atoms with E-state index in [1.54, 1.807) is 0 Å². The average molecular weight is 309 g/mol. The molecule has 0 aliphatic carbocycles. The zero-order chi connectivity index (χ0) is 13.0. The van der Waals surface area contributed by atoms with E-state index in [4.69, 9.17) is 16.3 Å². The molecular weight excluding hydrogens is 294 g/mol. The molecule has 0 saturated carbocycles. The van der Waals surface area contributed by atoms with Crippen molar-refractivity contribution in [1.82, 2.24) is 5.32 Å². The number of amides is 1. The number of halogens is 3. The third-order valence-electron chi connectivity index (χ3n) is 2.64. The van der Waals surface area contributed by atoms with Gasteiger partial charge in [0.15, 0.2) is 0 Å². The SMILES string of the molecule is Cl.O=C(CC1COCCN1)Nc1ccc(Cl)cc1F. The van der Waals surface area contributed by atoms with Gasteiger partial charge in [-0.25, -0.2) is 4.39 Å². The predicted molar refractivity (Wildman–Crippen MR) is 74.5 cm³/mol. The Morgan fingerprint density at radius 3 is 3.00 bits per heavy atom. The molecule has 1 unspecified atom stereocenters. The first-order chi connectivity index (χ1) is 8.65. The quantitative estimate of drug-likeness (QED) is 0.900. The minimum atomic E-state index is -0.538. The number of hydrogen-bond donors (Lipinski definition) is 2. The van der Waals surface area contributed by atoms with E-state index in [1.165, 1.54) is 18.2 Å². The summed E-state index contributed by atoms with van der Waals surface area (Å²) in [6.07, 6.45) is 0.252. The fourth-order valence-electron chi connectivity index (χ4n) is 1.77. The first kappa shape index (κ1) is 16.2. The molecule has 1 fully saturated rings. The van der Waals surface area contributed by atoms with Crippen LogP contribution >= 0.6 is 24.0 Å². The Balaban J connectivity index is 0.00000180. The van der Waals surface area contributed by atoms with E-state index >= 15 is 0 Å². The van der Waals surface area contributed by atoms with Gasteiger partial charge >= 0.3 is 0 Å². The summed E-state index contributed by atoms with van der Waals surface area (Å²) in [6, 6.07) is 4.12. The first-order valence-corrected chi connectivity index (χ1v) is 6.09. The molecule has 0 bridgehead atoms. The second-order valence-corrected chi connectivity index (χ2v) is 4.54. The summed E-state index contributed by atoms with van der Waals surface area (Å²) in [7, 11) is 0. The average Bonchev–Trinajstić information content (AvgIpc) is 2.34. The van der Waals surface area contributed by atoms with Crippen LogP contribution in [0.5, 0.6) is 0 Å². The van der Waals surface area contributed by atoms with Crippen molar-refractivity contribution in [1.29, 1.82) is 0 Å². The molecular formula is C12H15Cl2FN2O2. The lowest BCUT2D eigenvalue weighted by Gasteiger charge is -2.23. The summed E-state index contributed by atoms with van der Waals surface area (Å²) < 4.78 is 18.7. The van der Waals surface area contributed by atoms with Crippen molar-refractivity contribution in [2.75, 3.05) is 25.1 Å². The smallest absolute Gasteiger partial charge is 0.226 e. The highest BCUT2D eigenvalue weighted by atomic mass is 35.5. The van der Waals surface area contributed by atoms with Crippen LogP contribution in [0.3, 0.4) is 0 Å². The molecule has 2 N–H and O–H groups in total. The van der Waals surface area contributed by atoms with Crippen molar-refractivity contribution in [2.45, 2.75) is 12.5 Å². The number of ether oxygens (including phenoxy) is 1. The maximum Gasteiger partial charge on any atom is 0.226 e. The van der Waals surface area contributed by atoms with Crippen LogP contribution < -0.4 is 10.6 Å². The Kier molecular flexibility index (Phi) is 6.51. The van der Waals surface area contributed by atoms with Crippen LogP contribution in [-0.4, -0.2) is 31.7 Å². The molecule has 1 aliphatic heterocycles. The van der Waals surface area contributed by atoms with Crippen LogP contribution in [0.4, 0.5) is 10.1 Å². The molecule has 0 spiro atoms. The van der Waals surface area contributed by atoms with Gasteiger partial charge in [0, 0.05) is 24.0 Å². The number of carbonyl (C=O) groups excluding carboxylic acids is 1. The standard InChI is InChI=1S/C12H14ClFN2O2.ClH/c13-8-1-2-11(10(14)5-8)16-12(17)6-9-7-18-4-3-15-9;/h1-2,5,9,15H,3-4,6-7H2,(H,16,17);1H. The van der Waals surface area contributed by atoms with E-state index in [-0.39, 0.29) is 36.5 Å². The fourth-order valence-corrected chi connectivity index (χ4v) is 1.93. The molecule has 1 atom stereocenters. The van der Waals surface area contributed by atoms with Gasteiger partial charge in [0.05, 0.1) is 18.9 Å². The summed E-state index contributed by atoms with van der Waals surface area (Å²) in [5, 5.41) is 5.97. The van der Waals surface area contributed by atoms with E-state index in [1.807, 2.05) is 0 Å². The zero-order valence-electron chi connectivity index (χ0n) is 10.1. The molecule has 2 rings (SSSR count). The second kappa shape index (κ2) is 7.65. The van der Waals surface area contributed by atoms with Crippen molar-refractivity contribution < 1.29 is 13.9 Å². The Morgan fingerprint density at radius 2 is 2.37 bits per heavy atom. The van der Waals surface area contributed by atoms with Crippen molar-refractivity contribution in [3.05, 3.63) is 29.0 Å². The number of anilines is 1. The molecule has 1 aromatic rings. The molecule has 7 heteroatoms. The molecule has 0 radical (unpaired) electrons. The minimum Gasteiger partial charge on any atom is -0.378 e. The van der Waals surface area contributed by atoms with Gasteiger partial charge in [-0.05, 0) is 18.2 Å². The summed E-state index contributed by atoms with van der Waals surface area (Å²) in [5.74, 6) is -0.789. The Labute approximate surface area is 122 Å². The van der Waals surface area contributed by atoms with Crippen LogP contribution in [0.2, 0.25) is 5.02 Å². The molecule has 106 valence electrons. The lowest BCUT2D eigenvalue weighted by molar-refractivity contribution is -0.117. The fraction of sp³-hybridized carbons (Fsp3) is 0.417. The van der Waals surface area contributed by atoms with E-state index in [2.05, 4.69) is 10.6 Å². The van der Waals surface area contributed by atoms with E-state index in [0.29, 0.717) is 18.2 Å². The molecule has 1 heterocycles. The molecule has 1 amide bonds. The third kappa shape index (κ3) is 4.95. The minimum absolute atomic E-state index is 0. The van der Waals surface area contributed by atoms with Gasteiger partial charge in [-0.1, -0.05) is 11.6 Å². The van der Waals surface area contributed by atoms with Gasteiger partial charge in [0.1, 0.15) is 5.82 Å².